The molecule has 35 heavy (non-hydrogen) atoms. The van der Waals surface area contributed by atoms with E-state index in [1.54, 1.807) is 20.8 Å². The van der Waals surface area contributed by atoms with Crippen LogP contribution in [0.1, 0.15) is 40.5 Å². The van der Waals surface area contributed by atoms with E-state index in [4.69, 9.17) is 16.3 Å². The van der Waals surface area contributed by atoms with Gasteiger partial charge in [0.25, 0.3) is 0 Å². The number of thioether (sulfide) groups is 1. The fourth-order valence-corrected chi connectivity index (χ4v) is 5.94. The van der Waals surface area contributed by atoms with Gasteiger partial charge in [-0.15, -0.1) is 6.58 Å². The summed E-state index contributed by atoms with van der Waals surface area (Å²) in [4.78, 5) is 27.6. The van der Waals surface area contributed by atoms with E-state index in [0.717, 1.165) is 0 Å². The Labute approximate surface area is 218 Å². The number of pyridine rings is 1. The molecule has 0 N–H and O–H groups in total. The van der Waals surface area contributed by atoms with Gasteiger partial charge in [-0.3, -0.25) is 0 Å². The summed E-state index contributed by atoms with van der Waals surface area (Å²) in [5.74, 6) is -5.14. The van der Waals surface area contributed by atoms with Crippen LogP contribution in [0.3, 0.4) is 0 Å². The number of amides is 1. The van der Waals surface area contributed by atoms with Crippen LogP contribution in [0.5, 0.6) is 0 Å². The molecule has 0 saturated carbocycles. The molecule has 2 fully saturated rings. The van der Waals surface area contributed by atoms with Gasteiger partial charge in [-0.2, -0.15) is 0 Å². The van der Waals surface area contributed by atoms with Crippen molar-refractivity contribution in [3.8, 4) is 0 Å². The van der Waals surface area contributed by atoms with Crippen LogP contribution in [0.2, 0.25) is 5.15 Å². The van der Waals surface area contributed by atoms with Gasteiger partial charge in [0.05, 0.1) is 11.9 Å². The number of alkyl halides is 2. The van der Waals surface area contributed by atoms with E-state index in [1.165, 1.54) is 22.7 Å². The number of nitrogens with zero attached hydrogens (tertiary/aromatic N) is 5. The molecule has 0 unspecified atom stereocenters. The Balaban J connectivity index is 1.91. The highest BCUT2D eigenvalue weighted by atomic mass is 79.9. The first-order valence-corrected chi connectivity index (χ1v) is 13.1. The van der Waals surface area contributed by atoms with E-state index in [1.807, 2.05) is 6.92 Å². The van der Waals surface area contributed by atoms with Crippen molar-refractivity contribution in [3.05, 3.63) is 28.2 Å². The minimum Gasteiger partial charge on any atom is -0.444 e. The highest BCUT2D eigenvalue weighted by Crippen LogP contribution is 2.53. The van der Waals surface area contributed by atoms with Crippen molar-refractivity contribution < 1.29 is 22.7 Å². The van der Waals surface area contributed by atoms with E-state index in [0.29, 0.717) is 10.7 Å². The number of carbonyl (C=O) groups is 1. The van der Waals surface area contributed by atoms with Crippen molar-refractivity contribution in [1.82, 2.24) is 19.9 Å². The molecule has 2 aliphatic heterocycles. The summed E-state index contributed by atoms with van der Waals surface area (Å²) in [7, 11) is 0. The van der Waals surface area contributed by atoms with Crippen LogP contribution < -0.4 is 4.90 Å². The molecule has 0 spiro atoms. The first kappa shape index (κ1) is 26.3. The maximum atomic E-state index is 16.7. The molecule has 2 saturated heterocycles. The van der Waals surface area contributed by atoms with Crippen molar-refractivity contribution >= 4 is 62.1 Å². The molecule has 0 aromatic carbocycles. The van der Waals surface area contributed by atoms with Crippen LogP contribution in [-0.4, -0.2) is 61.5 Å². The standard InChI is InChI=1S/C22H24BrClF3N5O2S/c1-6-11-22(27)9-8-21(26,32(22)19(33)34-20(3,4)5)10-31(11)17-12-14(28-18(30-17)35-7-2)13(25)16(24)29-15(12)23/h6,11H,1,7-10H2,2-5H3/t11-,21-,22+/m1/s1. The van der Waals surface area contributed by atoms with Crippen LogP contribution in [0.4, 0.5) is 23.8 Å². The molecular weight excluding hydrogens is 571 g/mol. The summed E-state index contributed by atoms with van der Waals surface area (Å²) < 4.78 is 53.5. The third kappa shape index (κ3) is 4.35. The summed E-state index contributed by atoms with van der Waals surface area (Å²) in [6, 6.07) is -1.22. The summed E-state index contributed by atoms with van der Waals surface area (Å²) in [5.41, 5.74) is -1.09. The van der Waals surface area contributed by atoms with Crippen LogP contribution in [0, 0.1) is 5.82 Å². The molecule has 190 valence electrons. The quantitative estimate of drug-likeness (QED) is 0.133. The summed E-state index contributed by atoms with van der Waals surface area (Å²) in [5, 5.41) is -0.0920. The van der Waals surface area contributed by atoms with Gasteiger partial charge in [0.2, 0.25) is 11.6 Å². The molecule has 7 nitrogen and oxygen atoms in total. The average molecular weight is 595 g/mol. The topological polar surface area (TPSA) is 71.5 Å². The molecule has 3 atom stereocenters. The Bertz CT molecular complexity index is 1220. The number of hydrogen-bond donors (Lipinski definition) is 0. The number of anilines is 1. The monoisotopic (exact) mass is 593 g/mol. The van der Waals surface area contributed by atoms with Crippen LogP contribution in [0.15, 0.2) is 22.4 Å². The van der Waals surface area contributed by atoms with Gasteiger partial charge in [-0.25, -0.2) is 37.8 Å². The lowest BCUT2D eigenvalue weighted by atomic mass is 9.99. The second-order valence-corrected chi connectivity index (χ2v) is 11.7. The molecule has 1 amide bonds. The van der Waals surface area contributed by atoms with Crippen molar-refractivity contribution in [2.75, 3.05) is 17.2 Å². The molecule has 4 heterocycles. The minimum absolute atomic E-state index is 0.0561. The first-order chi connectivity index (χ1) is 16.3. The Morgan fingerprint density at radius 1 is 1.34 bits per heavy atom. The van der Waals surface area contributed by atoms with Crippen LogP contribution in [0.25, 0.3) is 10.9 Å². The largest absolute Gasteiger partial charge is 0.444 e. The zero-order chi connectivity index (χ0) is 25.9. The molecule has 13 heteroatoms. The number of piperazine rings is 1. The first-order valence-electron chi connectivity index (χ1n) is 10.9. The van der Waals surface area contributed by atoms with Gasteiger partial charge >= 0.3 is 6.09 Å². The van der Waals surface area contributed by atoms with Crippen LogP contribution in [-0.2, 0) is 4.74 Å². The third-order valence-electron chi connectivity index (χ3n) is 5.84. The molecule has 2 aromatic heterocycles. The lowest BCUT2D eigenvalue weighted by molar-refractivity contribution is -0.125. The van der Waals surface area contributed by atoms with E-state index < -0.39 is 46.8 Å². The number of hydrogen-bond acceptors (Lipinski definition) is 7. The summed E-state index contributed by atoms with van der Waals surface area (Å²) in [6.45, 7) is 10.0. The van der Waals surface area contributed by atoms with Gasteiger partial charge < -0.3 is 9.64 Å². The predicted molar refractivity (Wildman–Crippen MR) is 133 cm³/mol. The molecule has 2 bridgehead atoms. The molecule has 4 rings (SSSR count). The SMILES string of the molecule is C=C[C@H]1N(c2nc(SCC)nc3c(F)c(Cl)nc(Br)c23)C[C@@]2(F)CC[C@]1(F)N2C(=O)OC(C)(C)C. The number of halogens is 5. The number of fused-ring (bicyclic) bond motifs is 3. The molecule has 2 aliphatic rings. The van der Waals surface area contributed by atoms with Crippen molar-refractivity contribution in [3.63, 3.8) is 0 Å². The maximum absolute atomic E-state index is 16.7. The predicted octanol–water partition coefficient (Wildman–Crippen LogP) is 6.43. The fourth-order valence-electron chi connectivity index (χ4n) is 4.56. The van der Waals surface area contributed by atoms with Gasteiger partial charge in [-0.05, 0) is 42.5 Å². The van der Waals surface area contributed by atoms with Crippen LogP contribution >= 0.6 is 39.3 Å². The number of aromatic nitrogens is 3. The lowest BCUT2D eigenvalue weighted by Gasteiger charge is -2.51. The highest BCUT2D eigenvalue weighted by Gasteiger charge is 2.68. The summed E-state index contributed by atoms with van der Waals surface area (Å²) >= 11 is 10.4. The molecule has 0 aliphatic carbocycles. The zero-order valence-corrected chi connectivity index (χ0v) is 22.7. The van der Waals surface area contributed by atoms with E-state index in [-0.39, 0.29) is 39.3 Å². The second kappa shape index (κ2) is 8.95. The lowest BCUT2D eigenvalue weighted by Crippen LogP contribution is -2.70. The maximum Gasteiger partial charge on any atom is 0.415 e. The smallest absolute Gasteiger partial charge is 0.415 e. The molecule has 0 radical (unpaired) electrons. The Kier molecular flexibility index (Phi) is 6.72. The number of rotatable bonds is 4. The number of ether oxygens (including phenoxy) is 1. The fraction of sp³-hybridized carbons (Fsp3) is 0.545. The minimum atomic E-state index is -2.49. The Morgan fingerprint density at radius 3 is 2.63 bits per heavy atom. The third-order valence-corrected chi connectivity index (χ3v) is 7.39. The second-order valence-electron chi connectivity index (χ2n) is 9.35. The average Bonchev–Trinajstić information content (AvgIpc) is 2.95. The van der Waals surface area contributed by atoms with Gasteiger partial charge in [0.1, 0.15) is 27.6 Å². The van der Waals surface area contributed by atoms with E-state index in [2.05, 4.69) is 37.5 Å². The van der Waals surface area contributed by atoms with Crippen molar-refractivity contribution in [2.45, 2.75) is 68.9 Å². The Hall–Kier alpha value is -1.79. The van der Waals surface area contributed by atoms with Gasteiger partial charge in [0.15, 0.2) is 16.1 Å². The number of carbonyl (C=O) groups excluding carboxylic acids is 1. The normalized spacial score (nSPS) is 26.4. The van der Waals surface area contributed by atoms with E-state index in [9.17, 15) is 9.18 Å². The molecule has 2 aromatic rings. The highest BCUT2D eigenvalue weighted by molar-refractivity contribution is 9.10. The van der Waals surface area contributed by atoms with Gasteiger partial charge in [0, 0.05) is 12.8 Å². The zero-order valence-electron chi connectivity index (χ0n) is 19.5. The van der Waals surface area contributed by atoms with Crippen molar-refractivity contribution in [2.24, 2.45) is 0 Å². The summed E-state index contributed by atoms with van der Waals surface area (Å²) in [6.07, 6.45) is -0.351. The Morgan fingerprint density at radius 2 is 2.03 bits per heavy atom. The van der Waals surface area contributed by atoms with Crippen molar-refractivity contribution in [1.29, 1.82) is 0 Å². The molecular formula is C22H24BrClF3N5O2S. The van der Waals surface area contributed by atoms with Gasteiger partial charge in [-0.1, -0.05) is 36.4 Å². The van der Waals surface area contributed by atoms with E-state index >= 15 is 8.78 Å².